The second kappa shape index (κ2) is 77.5. The summed E-state index contributed by atoms with van der Waals surface area (Å²) in [6, 6.07) is 0. The first-order valence-corrected chi connectivity index (χ1v) is 4.29. The van der Waals surface area contributed by atoms with Gasteiger partial charge in [0.1, 0.15) is 0 Å². The molecule has 8 N–H and O–H groups in total. The summed E-state index contributed by atoms with van der Waals surface area (Å²) in [5, 5.41) is 117. The molecular weight excluding hydrogens is 758 g/mol. The Morgan fingerprint density at radius 2 is 0.265 bits per heavy atom. The Bertz CT molecular complexity index is 334. The van der Waals surface area contributed by atoms with Gasteiger partial charge in [-0.15, -0.1) is 0 Å². The molecule has 0 aliphatic rings. The molecule has 0 amide bonds. The fourth-order valence-corrected chi connectivity index (χ4v) is 0. The van der Waals surface area contributed by atoms with Crippen LogP contribution in [0, 0.1) is 0 Å². The molecule has 0 atom stereocenters. The van der Waals surface area contributed by atoms with E-state index >= 15 is 0 Å². The maximum absolute atomic E-state index is 8.33. The van der Waals surface area contributed by atoms with Gasteiger partial charge in [0.15, 0.2) is 0 Å². The van der Waals surface area contributed by atoms with Gasteiger partial charge in [-0.3, -0.25) is 0 Å². The molecule has 34 heavy (non-hydrogen) atoms. The van der Waals surface area contributed by atoms with Gasteiger partial charge in [-0.2, -0.15) is 0 Å². The quantitative estimate of drug-likeness (QED) is 0.216. The molecule has 0 aliphatic heterocycles. The molecule has 27 heteroatoms. The van der Waals surface area contributed by atoms with E-state index < -0.39 is 43.1 Å². The zero-order valence-corrected chi connectivity index (χ0v) is 22.5. The predicted octanol–water partition coefficient (Wildman–Crippen LogP) is -16.4. The summed E-state index contributed by atoms with van der Waals surface area (Å²) in [5.41, 5.74) is 0. The van der Waals surface area contributed by atoms with Crippen LogP contribution in [0.4, 0.5) is 33.6 Å². The second-order valence-corrected chi connectivity index (χ2v) is 1.75. The normalized spacial score (nSPS) is 4.94. The Morgan fingerprint density at radius 1 is 0.265 bits per heavy atom. The molecule has 0 fully saturated rings. The van der Waals surface area contributed by atoms with E-state index in [1.165, 1.54) is 0 Å². The maximum atomic E-state index is 8.33. The number of carbonyl (C=O) groups excluding carboxylic acids is 7. The van der Waals surface area contributed by atoms with E-state index in [0.29, 0.717) is 0 Å². The molecule has 2 radical (unpaired) electrons. The third kappa shape index (κ3) is 4260. The van der Waals surface area contributed by atoms with Gasteiger partial charge in [0.05, 0.1) is 0 Å². The van der Waals surface area contributed by atoms with Crippen molar-refractivity contribution in [3.63, 3.8) is 0 Å². The molecule has 0 aromatic rings. The van der Waals surface area contributed by atoms with Crippen molar-refractivity contribution in [1.82, 2.24) is 12.3 Å². The SMILES string of the molecule is O=C([O-])[O-].O=C([O-])[O-].O=C([O-])[O-].O=C([O-])[O-].O=C([O-])[O-].O=C([O-])[O-].O=C([O-])[O-].[Cu+2].[Cu+2].[NH4+].[NH4+].[Zr+4].[Zr+4]. The van der Waals surface area contributed by atoms with Gasteiger partial charge in [0, 0.05) is 0 Å². The zero-order chi connectivity index (χ0) is 25.0. The number of quaternary nitrogens is 2. The summed E-state index contributed by atoms with van der Waals surface area (Å²) in [7, 11) is 0. The van der Waals surface area contributed by atoms with Crippen LogP contribution in [0.1, 0.15) is 0 Å². The minimum Gasteiger partial charge on any atom is -0.652 e. The zero-order valence-electron chi connectivity index (χ0n) is 15.7. The van der Waals surface area contributed by atoms with Crippen molar-refractivity contribution in [1.29, 1.82) is 0 Å². The molecule has 0 aromatic heterocycles. The number of rotatable bonds is 0. The molecule has 23 nitrogen and oxygen atoms in total. The van der Waals surface area contributed by atoms with Crippen LogP contribution in [0.5, 0.6) is 0 Å². The molecule has 202 valence electrons. The van der Waals surface area contributed by atoms with Crippen LogP contribution in [0.15, 0.2) is 0 Å². The van der Waals surface area contributed by atoms with Gasteiger partial charge in [-0.05, 0) is 43.1 Å². The van der Waals surface area contributed by atoms with Crippen molar-refractivity contribution < 1.29 is 192 Å². The molecule has 0 saturated heterocycles. The Hall–Kier alpha value is -2.38. The Balaban J connectivity index is -0.0000000134. The van der Waals surface area contributed by atoms with Crippen molar-refractivity contribution in [2.24, 2.45) is 0 Å². The van der Waals surface area contributed by atoms with E-state index in [4.69, 9.17) is 105 Å². The van der Waals surface area contributed by atoms with Crippen LogP contribution in [0.25, 0.3) is 0 Å². The molecule has 0 aliphatic carbocycles. The molecule has 0 saturated carbocycles. The van der Waals surface area contributed by atoms with Crippen LogP contribution in [-0.4, -0.2) is 43.1 Å². The van der Waals surface area contributed by atoms with Gasteiger partial charge in [-0.1, -0.05) is 0 Å². The van der Waals surface area contributed by atoms with Crippen LogP contribution >= 0.6 is 0 Å². The van der Waals surface area contributed by atoms with Gasteiger partial charge in [0.25, 0.3) is 0 Å². The number of carboxylic acid groups (broad SMARTS) is 14. The molecule has 0 rings (SSSR count). The maximum Gasteiger partial charge on any atom is 4.00 e. The van der Waals surface area contributed by atoms with Gasteiger partial charge >= 0.3 is 86.5 Å². The minimum atomic E-state index is -2.33. The molecule has 0 spiro atoms. The summed E-state index contributed by atoms with van der Waals surface area (Å²) in [5.74, 6) is 0. The van der Waals surface area contributed by atoms with E-state index in [1.807, 2.05) is 0 Å². The van der Waals surface area contributed by atoms with Crippen molar-refractivity contribution in [3.8, 4) is 0 Å². The molecular formula is C7H8Cu2N2O21Zr2. The van der Waals surface area contributed by atoms with E-state index in [-0.39, 0.29) is 98.8 Å². The smallest absolute Gasteiger partial charge is 0.652 e. The van der Waals surface area contributed by atoms with Crippen LogP contribution in [-0.2, 0) is 86.5 Å². The molecule has 0 aromatic carbocycles. The first kappa shape index (κ1) is 85.5. The summed E-state index contributed by atoms with van der Waals surface area (Å²) < 4.78 is 0. The monoisotopic (exact) mass is 762 g/mol. The van der Waals surface area contributed by atoms with Crippen LogP contribution < -0.4 is 83.8 Å². The fourth-order valence-electron chi connectivity index (χ4n) is 0. The Kier molecular flexibility index (Phi) is 195. The first-order valence-electron chi connectivity index (χ1n) is 4.29. The van der Waals surface area contributed by atoms with Crippen LogP contribution in [0.3, 0.4) is 0 Å². The summed E-state index contributed by atoms with van der Waals surface area (Å²) in [6.45, 7) is 0. The Morgan fingerprint density at radius 3 is 0.265 bits per heavy atom. The minimum absolute atomic E-state index is 0. The first-order chi connectivity index (χ1) is 12.1. The van der Waals surface area contributed by atoms with E-state index in [0.717, 1.165) is 0 Å². The number of hydrogen-bond donors (Lipinski definition) is 2. The topological polar surface area (TPSA) is 515 Å². The Labute approximate surface area is 245 Å². The van der Waals surface area contributed by atoms with Gasteiger partial charge < -0.3 is 117 Å². The number of carbonyl (C=O) groups is 7. The van der Waals surface area contributed by atoms with E-state index in [1.54, 1.807) is 0 Å². The van der Waals surface area contributed by atoms with Crippen molar-refractivity contribution in [3.05, 3.63) is 0 Å². The summed E-state index contributed by atoms with van der Waals surface area (Å²) >= 11 is 0. The van der Waals surface area contributed by atoms with Crippen molar-refractivity contribution in [2.45, 2.75) is 0 Å². The number of hydrogen-bond acceptors (Lipinski definition) is 21. The molecule has 0 unspecified atom stereocenters. The standard InChI is InChI=1S/7CH2O3.2Cu.2H3N.2Zr/c7*2-1(3)4;;;;;;/h7*(H2,2,3,4);;;2*1H3;;/q;;;;;;;2*+2;;;2*+4/p-12. The second-order valence-electron chi connectivity index (χ2n) is 1.75. The average Bonchev–Trinajstić information content (AvgIpc) is 2.20. The average molecular weight is 766 g/mol. The van der Waals surface area contributed by atoms with Gasteiger partial charge in [-0.25, -0.2) is 0 Å². The predicted molar refractivity (Wildman–Crippen MR) is 49.7 cm³/mol. The summed E-state index contributed by atoms with van der Waals surface area (Å²) in [4.78, 5) is 58.3. The van der Waals surface area contributed by atoms with Crippen molar-refractivity contribution >= 4 is 43.1 Å². The molecule has 0 heterocycles. The molecule has 0 bridgehead atoms. The fraction of sp³-hybridized carbons (Fsp3) is 0. The van der Waals surface area contributed by atoms with E-state index in [2.05, 4.69) is 0 Å². The van der Waals surface area contributed by atoms with Crippen LogP contribution in [0.2, 0.25) is 0 Å². The third-order valence-electron chi connectivity index (χ3n) is 0. The third-order valence-corrected chi connectivity index (χ3v) is 0. The van der Waals surface area contributed by atoms with Gasteiger partial charge in [0.2, 0.25) is 0 Å². The summed E-state index contributed by atoms with van der Waals surface area (Å²) in [6.07, 6.45) is -16.3. The van der Waals surface area contributed by atoms with Crippen molar-refractivity contribution in [2.75, 3.05) is 0 Å². The largest absolute Gasteiger partial charge is 4.00 e. The van der Waals surface area contributed by atoms with E-state index in [9.17, 15) is 0 Å².